The van der Waals surface area contributed by atoms with Gasteiger partial charge in [-0.15, -0.1) is 24.0 Å². The summed E-state index contributed by atoms with van der Waals surface area (Å²) in [5, 5.41) is 6.35. The summed E-state index contributed by atoms with van der Waals surface area (Å²) in [6.45, 7) is 6.47. The molecule has 168 valence electrons. The molecule has 1 atom stereocenters. The molecule has 3 rings (SSSR count). The van der Waals surface area contributed by atoms with E-state index in [1.165, 1.54) is 25.1 Å². The van der Waals surface area contributed by atoms with E-state index in [4.69, 9.17) is 0 Å². The van der Waals surface area contributed by atoms with Gasteiger partial charge in [-0.3, -0.25) is 9.79 Å². The van der Waals surface area contributed by atoms with Gasteiger partial charge in [0, 0.05) is 53.2 Å². The quantitative estimate of drug-likeness (QED) is 0.325. The van der Waals surface area contributed by atoms with Gasteiger partial charge in [0.1, 0.15) is 0 Å². The first-order valence-corrected chi connectivity index (χ1v) is 11.1. The molecule has 0 aromatic heterocycles. The van der Waals surface area contributed by atoms with E-state index in [2.05, 4.69) is 55.8 Å². The molecular formula is C23H38IN5O. The molecule has 2 heterocycles. The minimum atomic E-state index is 0. The number of carbonyl (C=O) groups excluding carboxylic acids is 1. The summed E-state index contributed by atoms with van der Waals surface area (Å²) >= 11 is 0. The van der Waals surface area contributed by atoms with Crippen LogP contribution in [0, 0.1) is 11.8 Å². The Bertz CT molecular complexity index is 661. The summed E-state index contributed by atoms with van der Waals surface area (Å²) in [7, 11) is 3.59. The van der Waals surface area contributed by atoms with Gasteiger partial charge in [0.25, 0.3) is 0 Å². The lowest BCUT2D eigenvalue weighted by atomic mass is 9.93. The number of amides is 1. The van der Waals surface area contributed by atoms with Gasteiger partial charge in [0.15, 0.2) is 5.96 Å². The molecule has 1 unspecified atom stereocenters. The Morgan fingerprint density at radius 1 is 1.10 bits per heavy atom. The number of guanidine groups is 1. The molecule has 2 N–H and O–H groups in total. The molecule has 2 aliphatic rings. The molecule has 1 aromatic rings. The smallest absolute Gasteiger partial charge is 0.220 e. The molecule has 2 aliphatic heterocycles. The number of nitrogens with zero attached hydrogens (tertiary/aromatic N) is 3. The Morgan fingerprint density at radius 2 is 1.80 bits per heavy atom. The van der Waals surface area contributed by atoms with Crippen LogP contribution in [0.5, 0.6) is 0 Å². The van der Waals surface area contributed by atoms with Gasteiger partial charge in [0.2, 0.25) is 5.91 Å². The van der Waals surface area contributed by atoms with Gasteiger partial charge in [0.05, 0.1) is 0 Å². The monoisotopic (exact) mass is 527 g/mol. The second-order valence-electron chi connectivity index (χ2n) is 8.43. The Morgan fingerprint density at radius 3 is 2.47 bits per heavy atom. The van der Waals surface area contributed by atoms with E-state index in [1.807, 2.05) is 7.05 Å². The average molecular weight is 527 g/mol. The highest BCUT2D eigenvalue weighted by Gasteiger charge is 2.25. The zero-order valence-electron chi connectivity index (χ0n) is 18.5. The number of halogens is 1. The van der Waals surface area contributed by atoms with E-state index in [0.717, 1.165) is 51.4 Å². The van der Waals surface area contributed by atoms with E-state index in [0.29, 0.717) is 18.3 Å². The predicted octanol–water partition coefficient (Wildman–Crippen LogP) is 2.59. The molecule has 0 bridgehead atoms. The van der Waals surface area contributed by atoms with Crippen LogP contribution < -0.4 is 10.6 Å². The number of hydrogen-bond acceptors (Lipinski definition) is 3. The molecule has 2 fully saturated rings. The highest BCUT2D eigenvalue weighted by atomic mass is 127. The Hall–Kier alpha value is -1.35. The van der Waals surface area contributed by atoms with Gasteiger partial charge in [-0.1, -0.05) is 30.3 Å². The number of nitrogens with one attached hydrogen (secondary N) is 2. The second-order valence-corrected chi connectivity index (χ2v) is 8.43. The second kappa shape index (κ2) is 13.1. The molecule has 0 saturated carbocycles. The first kappa shape index (κ1) is 24.9. The Kier molecular flexibility index (Phi) is 10.9. The topological polar surface area (TPSA) is 60.0 Å². The molecular weight excluding hydrogens is 489 g/mol. The van der Waals surface area contributed by atoms with Crippen molar-refractivity contribution in [2.24, 2.45) is 16.8 Å². The van der Waals surface area contributed by atoms with Crippen LogP contribution in [-0.2, 0) is 11.2 Å². The molecule has 30 heavy (non-hydrogen) atoms. The maximum absolute atomic E-state index is 11.6. The zero-order chi connectivity index (χ0) is 20.5. The van der Waals surface area contributed by atoms with Crippen LogP contribution in [0.2, 0.25) is 0 Å². The summed E-state index contributed by atoms with van der Waals surface area (Å²) in [5.74, 6) is 2.36. The fraction of sp³-hybridized carbons (Fsp3) is 0.652. The van der Waals surface area contributed by atoms with Gasteiger partial charge in [-0.2, -0.15) is 0 Å². The molecule has 0 spiro atoms. The fourth-order valence-corrected chi connectivity index (χ4v) is 4.50. The molecule has 0 aliphatic carbocycles. The lowest BCUT2D eigenvalue weighted by Crippen LogP contribution is -2.47. The predicted molar refractivity (Wildman–Crippen MR) is 134 cm³/mol. The van der Waals surface area contributed by atoms with Crippen LogP contribution in [-0.4, -0.2) is 75.0 Å². The van der Waals surface area contributed by atoms with E-state index in [9.17, 15) is 4.79 Å². The molecule has 7 heteroatoms. The lowest BCUT2D eigenvalue weighted by Gasteiger charge is -2.34. The van der Waals surface area contributed by atoms with Crippen LogP contribution >= 0.6 is 24.0 Å². The number of aliphatic imine (C=N–C) groups is 1. The summed E-state index contributed by atoms with van der Waals surface area (Å²) < 4.78 is 0. The number of rotatable bonds is 7. The summed E-state index contributed by atoms with van der Waals surface area (Å²) in [4.78, 5) is 21.0. The van der Waals surface area contributed by atoms with Crippen molar-refractivity contribution in [3.63, 3.8) is 0 Å². The van der Waals surface area contributed by atoms with Crippen LogP contribution in [0.15, 0.2) is 35.3 Å². The van der Waals surface area contributed by atoms with Crippen molar-refractivity contribution in [3.05, 3.63) is 35.9 Å². The van der Waals surface area contributed by atoms with Gasteiger partial charge in [-0.05, 0) is 49.6 Å². The number of carbonyl (C=O) groups is 1. The highest BCUT2D eigenvalue weighted by Crippen LogP contribution is 2.21. The lowest BCUT2D eigenvalue weighted by molar-refractivity contribution is -0.121. The van der Waals surface area contributed by atoms with Gasteiger partial charge < -0.3 is 20.4 Å². The van der Waals surface area contributed by atoms with E-state index < -0.39 is 0 Å². The van der Waals surface area contributed by atoms with Crippen molar-refractivity contribution in [3.8, 4) is 0 Å². The normalized spacial score (nSPS) is 20.7. The van der Waals surface area contributed by atoms with Crippen molar-refractivity contribution in [1.82, 2.24) is 20.4 Å². The van der Waals surface area contributed by atoms with Crippen molar-refractivity contribution in [2.75, 3.05) is 53.4 Å². The molecule has 6 nitrogen and oxygen atoms in total. The number of piperidine rings is 1. The van der Waals surface area contributed by atoms with Crippen LogP contribution in [0.4, 0.5) is 0 Å². The average Bonchev–Trinajstić information content (AvgIpc) is 3.22. The van der Waals surface area contributed by atoms with Crippen molar-refractivity contribution in [2.45, 2.75) is 32.1 Å². The Balaban J connectivity index is 0.00000320. The van der Waals surface area contributed by atoms with E-state index in [1.54, 1.807) is 7.05 Å². The zero-order valence-corrected chi connectivity index (χ0v) is 20.8. The number of hydrogen-bond donors (Lipinski definition) is 2. The number of benzene rings is 1. The maximum atomic E-state index is 11.6. The molecule has 1 amide bonds. The maximum Gasteiger partial charge on any atom is 0.220 e. The summed E-state index contributed by atoms with van der Waals surface area (Å²) in [5.41, 5.74) is 1.43. The van der Waals surface area contributed by atoms with E-state index >= 15 is 0 Å². The first-order chi connectivity index (χ1) is 14.2. The van der Waals surface area contributed by atoms with Gasteiger partial charge in [-0.25, -0.2) is 0 Å². The summed E-state index contributed by atoms with van der Waals surface area (Å²) in [6.07, 6.45) is 5.16. The largest absolute Gasteiger partial charge is 0.359 e. The highest BCUT2D eigenvalue weighted by molar-refractivity contribution is 14.0. The fourth-order valence-electron chi connectivity index (χ4n) is 4.50. The minimum absolute atomic E-state index is 0. The first-order valence-electron chi connectivity index (χ1n) is 11.1. The standard InChI is InChI=1S/C23H37N5O.HI/c1-24-22(29)16-20-10-14-28(15-11-20)23(25-2)26-17-21-9-13-27(18-21)12-8-19-6-4-3-5-7-19;/h3-7,20-21H,8-18H2,1-2H3,(H,24,29)(H,25,26);1H. The van der Waals surface area contributed by atoms with E-state index in [-0.39, 0.29) is 29.9 Å². The minimum Gasteiger partial charge on any atom is -0.359 e. The van der Waals surface area contributed by atoms with Crippen molar-refractivity contribution < 1.29 is 4.79 Å². The van der Waals surface area contributed by atoms with Crippen LogP contribution in [0.1, 0.15) is 31.2 Å². The third kappa shape index (κ3) is 7.72. The van der Waals surface area contributed by atoms with Crippen molar-refractivity contribution in [1.29, 1.82) is 0 Å². The third-order valence-electron chi connectivity index (χ3n) is 6.36. The number of likely N-dealkylation sites (tertiary alicyclic amines) is 2. The molecule has 1 aromatic carbocycles. The van der Waals surface area contributed by atoms with Crippen molar-refractivity contribution >= 4 is 35.8 Å². The summed E-state index contributed by atoms with van der Waals surface area (Å²) in [6, 6.07) is 10.8. The Labute approximate surface area is 198 Å². The van der Waals surface area contributed by atoms with Crippen LogP contribution in [0.25, 0.3) is 0 Å². The van der Waals surface area contributed by atoms with Crippen LogP contribution in [0.3, 0.4) is 0 Å². The van der Waals surface area contributed by atoms with Gasteiger partial charge >= 0.3 is 0 Å². The SMILES string of the molecule is CN=C(NCC1CCN(CCc2ccccc2)C1)N1CCC(CC(=O)NC)CC1.I. The molecule has 0 radical (unpaired) electrons. The third-order valence-corrected chi connectivity index (χ3v) is 6.36. The molecule has 2 saturated heterocycles.